The third-order valence-corrected chi connectivity index (χ3v) is 5.42. The summed E-state index contributed by atoms with van der Waals surface area (Å²) < 4.78 is 58.1. The van der Waals surface area contributed by atoms with Crippen LogP contribution in [0.5, 0.6) is 0 Å². The first kappa shape index (κ1) is 24.1. The molecule has 4 rings (SSSR count). The number of aliphatic imine (C=N–C) groups is 1. The normalized spacial score (nSPS) is 20.2. The second-order valence-electron chi connectivity index (χ2n) is 7.87. The zero-order valence-corrected chi connectivity index (χ0v) is 18.2. The van der Waals surface area contributed by atoms with Gasteiger partial charge >= 0.3 is 6.18 Å². The van der Waals surface area contributed by atoms with Crippen LogP contribution in [0.15, 0.2) is 35.5 Å². The highest BCUT2D eigenvalue weighted by molar-refractivity contribution is 5.55. The minimum atomic E-state index is -4.43. The quantitative estimate of drug-likeness (QED) is 0.366. The topological polar surface area (TPSA) is 89.4 Å². The summed E-state index contributed by atoms with van der Waals surface area (Å²) in [7, 11) is 0. The van der Waals surface area contributed by atoms with E-state index in [2.05, 4.69) is 20.4 Å². The second-order valence-corrected chi connectivity index (χ2v) is 7.87. The van der Waals surface area contributed by atoms with E-state index < -0.39 is 23.8 Å². The smallest absolute Gasteiger partial charge is 0.378 e. The Morgan fingerprint density at radius 1 is 1.21 bits per heavy atom. The van der Waals surface area contributed by atoms with Gasteiger partial charge in [0.05, 0.1) is 37.9 Å². The summed E-state index contributed by atoms with van der Waals surface area (Å²) in [6.45, 7) is 3.17. The molecule has 3 heterocycles. The molecule has 13 heteroatoms. The van der Waals surface area contributed by atoms with Crippen LogP contribution < -0.4 is 10.3 Å². The second kappa shape index (κ2) is 10.5. The number of aromatic nitrogens is 2. The lowest BCUT2D eigenvalue weighted by Crippen LogP contribution is -2.54. The van der Waals surface area contributed by atoms with Gasteiger partial charge in [-0.25, -0.2) is 19.4 Å². The highest BCUT2D eigenvalue weighted by Crippen LogP contribution is 2.30. The summed E-state index contributed by atoms with van der Waals surface area (Å²) in [6.07, 6.45) is -2.75. The molecule has 9 nitrogen and oxygen atoms in total. The van der Waals surface area contributed by atoms with Crippen molar-refractivity contribution >= 4 is 17.8 Å². The molecule has 2 aliphatic heterocycles. The van der Waals surface area contributed by atoms with E-state index in [9.17, 15) is 22.7 Å². The monoisotopic (exact) mass is 483 g/mol. The fraction of sp³-hybridized carbons (Fsp3) is 0.476. The molecule has 1 unspecified atom stereocenters. The lowest BCUT2D eigenvalue weighted by molar-refractivity contribution is -0.137. The Labute approximate surface area is 193 Å². The molecule has 0 bridgehead atoms. The summed E-state index contributed by atoms with van der Waals surface area (Å²) in [5, 5.41) is 12.1. The lowest BCUT2D eigenvalue weighted by atomic mass is 10.2. The predicted molar refractivity (Wildman–Crippen MR) is 117 cm³/mol. The van der Waals surface area contributed by atoms with Crippen molar-refractivity contribution in [3.05, 3.63) is 47.7 Å². The number of nitrogens with zero attached hydrogens (tertiary/aromatic N) is 6. The van der Waals surface area contributed by atoms with Gasteiger partial charge in [0.15, 0.2) is 17.5 Å². The molecule has 2 fully saturated rings. The van der Waals surface area contributed by atoms with Crippen molar-refractivity contribution in [2.75, 3.05) is 56.3 Å². The first-order valence-electron chi connectivity index (χ1n) is 10.8. The van der Waals surface area contributed by atoms with Gasteiger partial charge in [0.1, 0.15) is 12.8 Å². The zero-order valence-electron chi connectivity index (χ0n) is 18.2. The van der Waals surface area contributed by atoms with Crippen molar-refractivity contribution in [2.24, 2.45) is 4.99 Å². The number of anilines is 2. The molecule has 2 aromatic rings. The number of aliphatic hydroxyl groups is 1. The number of morpholine rings is 1. The van der Waals surface area contributed by atoms with Crippen LogP contribution in [0.2, 0.25) is 0 Å². The number of aliphatic hydroxyl groups excluding tert-OH is 1. The average Bonchev–Trinajstić information content (AvgIpc) is 2.82. The van der Waals surface area contributed by atoms with Crippen molar-refractivity contribution in [3.63, 3.8) is 0 Å². The van der Waals surface area contributed by atoms with Crippen LogP contribution in [-0.2, 0) is 17.5 Å². The Morgan fingerprint density at radius 2 is 2.00 bits per heavy atom. The van der Waals surface area contributed by atoms with Gasteiger partial charge in [-0.15, -0.1) is 0 Å². The van der Waals surface area contributed by atoms with E-state index in [0.717, 1.165) is 18.3 Å². The summed E-state index contributed by atoms with van der Waals surface area (Å²) in [5.74, 6) is 0.0609. The Morgan fingerprint density at radius 3 is 2.74 bits per heavy atom. The van der Waals surface area contributed by atoms with Crippen molar-refractivity contribution in [1.29, 1.82) is 0 Å². The molecule has 0 aliphatic carbocycles. The van der Waals surface area contributed by atoms with Crippen molar-refractivity contribution in [3.8, 4) is 0 Å². The largest absolute Gasteiger partial charge is 0.416 e. The van der Waals surface area contributed by atoms with Crippen LogP contribution >= 0.6 is 0 Å². The van der Waals surface area contributed by atoms with Crippen LogP contribution in [0.3, 0.4) is 0 Å². The Kier molecular flexibility index (Phi) is 7.44. The van der Waals surface area contributed by atoms with E-state index in [4.69, 9.17) is 4.74 Å². The van der Waals surface area contributed by atoms with Crippen molar-refractivity contribution < 1.29 is 27.4 Å². The molecule has 0 amide bonds. The first-order chi connectivity index (χ1) is 16.3. The van der Waals surface area contributed by atoms with E-state index in [1.165, 1.54) is 18.5 Å². The Bertz CT molecular complexity index is 1000. The maximum absolute atomic E-state index is 14.1. The molecule has 1 atom stereocenters. The molecule has 34 heavy (non-hydrogen) atoms. The van der Waals surface area contributed by atoms with Gasteiger partial charge in [0, 0.05) is 31.9 Å². The average molecular weight is 483 g/mol. The van der Waals surface area contributed by atoms with Crippen LogP contribution in [0.25, 0.3) is 0 Å². The predicted octanol–water partition coefficient (Wildman–Crippen LogP) is 1.96. The lowest BCUT2D eigenvalue weighted by Gasteiger charge is -2.38. The number of nitrogens with one attached hydrogen (secondary N) is 1. The fourth-order valence-corrected chi connectivity index (χ4v) is 3.66. The number of hydrogen-bond donors (Lipinski definition) is 2. The minimum absolute atomic E-state index is 0.104. The van der Waals surface area contributed by atoms with Crippen LogP contribution in [-0.4, -0.2) is 83.5 Å². The molecule has 1 aromatic carbocycles. The number of β-amino-alcohol motifs (C(OH)–C–C–N with tert-alkyl or cyclic N) is 1. The van der Waals surface area contributed by atoms with Crippen molar-refractivity contribution in [1.82, 2.24) is 19.9 Å². The van der Waals surface area contributed by atoms with E-state index >= 15 is 0 Å². The van der Waals surface area contributed by atoms with Gasteiger partial charge in [-0.3, -0.25) is 4.99 Å². The molecule has 0 radical (unpaired) electrons. The zero-order chi connectivity index (χ0) is 24.1. The molecule has 184 valence electrons. The number of ether oxygens (including phenoxy) is 1. The third-order valence-electron chi connectivity index (χ3n) is 5.42. The first-order valence-corrected chi connectivity index (χ1v) is 10.8. The molecule has 0 saturated carbocycles. The number of benzene rings is 1. The maximum Gasteiger partial charge on any atom is 0.416 e. The Balaban J connectivity index is 1.30. The number of hydrazine groups is 1. The molecule has 1 aromatic heterocycles. The molecular weight excluding hydrogens is 458 g/mol. The number of hydrogen-bond acceptors (Lipinski definition) is 8. The van der Waals surface area contributed by atoms with E-state index in [0.29, 0.717) is 45.2 Å². The van der Waals surface area contributed by atoms with Gasteiger partial charge in [0.25, 0.3) is 0 Å². The number of piperazine rings is 1. The summed E-state index contributed by atoms with van der Waals surface area (Å²) in [6, 6.07) is 4.88. The number of rotatable bonds is 6. The fourth-order valence-electron chi connectivity index (χ4n) is 3.66. The molecule has 2 N–H and O–H groups in total. The molecule has 2 aliphatic rings. The maximum atomic E-state index is 14.1. The standard InChI is InChI=1S/C21H25F4N7O2/c22-17-11-27-18(28-20(17)30-6-8-34-9-7-30)12-26-14-31-4-5-32(13-19(31)33)29-16-3-1-2-15(10-16)21(23,24)25/h1-3,10-11,14,19,29,33H,4-9,12-13H2. The highest BCUT2D eigenvalue weighted by Gasteiger charge is 2.31. The van der Waals surface area contributed by atoms with Gasteiger partial charge in [-0.1, -0.05) is 6.07 Å². The van der Waals surface area contributed by atoms with Gasteiger partial charge in [0.2, 0.25) is 0 Å². The number of halogens is 4. The summed E-state index contributed by atoms with van der Waals surface area (Å²) >= 11 is 0. The molecular formula is C21H25F4N7O2. The Hall–Kier alpha value is -3.03. The van der Waals surface area contributed by atoms with Crippen LogP contribution in [0.1, 0.15) is 11.4 Å². The SMILES string of the molecule is OC1CN(Nc2cccc(C(F)(F)F)c2)CCN1C=NCc1ncc(F)c(N2CCOCC2)n1. The van der Waals surface area contributed by atoms with Gasteiger partial charge in [-0.05, 0) is 18.2 Å². The summed E-state index contributed by atoms with van der Waals surface area (Å²) in [5.41, 5.74) is 2.44. The third kappa shape index (κ3) is 6.10. The van der Waals surface area contributed by atoms with E-state index in [1.54, 1.807) is 14.8 Å². The van der Waals surface area contributed by atoms with Gasteiger partial charge < -0.3 is 25.1 Å². The van der Waals surface area contributed by atoms with Gasteiger partial charge in [-0.2, -0.15) is 13.2 Å². The highest BCUT2D eigenvalue weighted by atomic mass is 19.4. The molecule has 0 spiro atoms. The number of alkyl halides is 3. The minimum Gasteiger partial charge on any atom is -0.378 e. The van der Waals surface area contributed by atoms with Crippen molar-refractivity contribution in [2.45, 2.75) is 18.9 Å². The summed E-state index contributed by atoms with van der Waals surface area (Å²) in [4.78, 5) is 15.9. The van der Waals surface area contributed by atoms with Crippen LogP contribution in [0.4, 0.5) is 29.1 Å². The van der Waals surface area contributed by atoms with Crippen LogP contribution in [0, 0.1) is 5.82 Å². The van der Waals surface area contributed by atoms with E-state index in [-0.39, 0.29) is 24.6 Å². The van der Waals surface area contributed by atoms with E-state index in [1.807, 2.05) is 0 Å². The molecule has 2 saturated heterocycles.